The van der Waals surface area contributed by atoms with Crippen molar-refractivity contribution in [1.82, 2.24) is 15.1 Å². The molecule has 2 atom stereocenters. The minimum absolute atomic E-state index is 0.179. The number of likely N-dealkylation sites (tertiary alicyclic amines) is 2. The molecule has 104 valence electrons. The Balaban J connectivity index is 1.87. The highest BCUT2D eigenvalue weighted by molar-refractivity contribution is 5.82. The predicted octanol–water partition coefficient (Wildman–Crippen LogP) is 0.929. The molecule has 1 N–H and O–H groups in total. The molecule has 0 unspecified atom stereocenters. The number of nitrogens with zero attached hydrogens (tertiary/aromatic N) is 2. The van der Waals surface area contributed by atoms with E-state index in [9.17, 15) is 4.79 Å². The van der Waals surface area contributed by atoms with Crippen LogP contribution in [0.2, 0.25) is 0 Å². The van der Waals surface area contributed by atoms with Gasteiger partial charge in [-0.05, 0) is 58.3 Å². The van der Waals surface area contributed by atoms with Gasteiger partial charge >= 0.3 is 0 Å². The number of amides is 1. The molecule has 2 rings (SSSR count). The van der Waals surface area contributed by atoms with Crippen LogP contribution < -0.4 is 5.32 Å². The van der Waals surface area contributed by atoms with Crippen LogP contribution in [0.15, 0.2) is 0 Å². The quantitative estimate of drug-likeness (QED) is 0.792. The fourth-order valence-electron chi connectivity index (χ4n) is 3.36. The molecular weight excluding hydrogens is 226 g/mol. The predicted molar refractivity (Wildman–Crippen MR) is 73.5 cm³/mol. The van der Waals surface area contributed by atoms with E-state index in [1.807, 2.05) is 7.05 Å². The van der Waals surface area contributed by atoms with Gasteiger partial charge in [-0.1, -0.05) is 6.92 Å². The van der Waals surface area contributed by atoms with E-state index in [1.54, 1.807) is 0 Å². The van der Waals surface area contributed by atoms with Gasteiger partial charge in [0.15, 0.2) is 0 Å². The summed E-state index contributed by atoms with van der Waals surface area (Å²) >= 11 is 0. The topological polar surface area (TPSA) is 35.6 Å². The number of nitrogens with one attached hydrogen (secondary N) is 1. The summed E-state index contributed by atoms with van der Waals surface area (Å²) in [6, 6.07) is 0.179. The lowest BCUT2D eigenvalue weighted by Gasteiger charge is -2.27. The lowest BCUT2D eigenvalue weighted by Crippen LogP contribution is -2.45. The molecule has 0 aromatic rings. The molecule has 0 aliphatic carbocycles. The van der Waals surface area contributed by atoms with E-state index >= 15 is 0 Å². The van der Waals surface area contributed by atoms with Crippen LogP contribution in [0.5, 0.6) is 0 Å². The van der Waals surface area contributed by atoms with E-state index in [4.69, 9.17) is 0 Å². The fraction of sp³-hybridized carbons (Fsp3) is 0.929. The minimum Gasteiger partial charge on any atom is -0.341 e. The molecule has 0 aromatic carbocycles. The molecule has 2 saturated heterocycles. The zero-order chi connectivity index (χ0) is 13.0. The second kappa shape index (κ2) is 6.53. The maximum absolute atomic E-state index is 12.5. The first-order valence-corrected chi connectivity index (χ1v) is 7.43. The van der Waals surface area contributed by atoms with E-state index in [2.05, 4.69) is 22.0 Å². The van der Waals surface area contributed by atoms with Crippen LogP contribution in [0.1, 0.15) is 32.6 Å². The summed E-state index contributed by atoms with van der Waals surface area (Å²) < 4.78 is 0. The Hall–Kier alpha value is -0.610. The summed E-state index contributed by atoms with van der Waals surface area (Å²) in [7, 11) is 1.99. The van der Waals surface area contributed by atoms with Crippen LogP contribution in [0, 0.1) is 5.92 Å². The summed E-state index contributed by atoms with van der Waals surface area (Å²) in [5, 5.41) is 3.22. The van der Waals surface area contributed by atoms with Crippen LogP contribution in [0.25, 0.3) is 0 Å². The number of carbonyl (C=O) groups is 1. The fourth-order valence-corrected chi connectivity index (χ4v) is 3.36. The van der Waals surface area contributed by atoms with Crippen molar-refractivity contribution in [3.63, 3.8) is 0 Å². The minimum atomic E-state index is 0.179. The monoisotopic (exact) mass is 253 g/mol. The molecule has 1 amide bonds. The van der Waals surface area contributed by atoms with Gasteiger partial charge in [-0.15, -0.1) is 0 Å². The Kier molecular flexibility index (Phi) is 5.01. The zero-order valence-electron chi connectivity index (χ0n) is 11.8. The molecule has 2 aliphatic heterocycles. The number of rotatable bonds is 5. The summed E-state index contributed by atoms with van der Waals surface area (Å²) in [5.74, 6) is 1.04. The molecule has 2 aliphatic rings. The van der Waals surface area contributed by atoms with Crippen molar-refractivity contribution in [2.24, 2.45) is 5.92 Å². The van der Waals surface area contributed by atoms with Crippen LogP contribution >= 0.6 is 0 Å². The summed E-state index contributed by atoms with van der Waals surface area (Å²) in [6.45, 7) is 7.33. The lowest BCUT2D eigenvalue weighted by molar-refractivity contribution is -0.135. The van der Waals surface area contributed by atoms with Crippen LogP contribution in [0.4, 0.5) is 0 Å². The average molecular weight is 253 g/mol. The Morgan fingerprint density at radius 1 is 1.33 bits per heavy atom. The molecule has 0 bridgehead atoms. The Morgan fingerprint density at radius 3 is 2.89 bits per heavy atom. The van der Waals surface area contributed by atoms with Crippen molar-refractivity contribution in [2.45, 2.75) is 38.6 Å². The molecule has 0 spiro atoms. The Labute approximate surface area is 111 Å². The van der Waals surface area contributed by atoms with Crippen molar-refractivity contribution in [3.8, 4) is 0 Å². The van der Waals surface area contributed by atoms with Gasteiger partial charge in [-0.2, -0.15) is 0 Å². The van der Waals surface area contributed by atoms with E-state index in [1.165, 1.54) is 6.42 Å². The average Bonchev–Trinajstić information content (AvgIpc) is 2.98. The number of carbonyl (C=O) groups excluding carboxylic acids is 1. The van der Waals surface area contributed by atoms with Crippen molar-refractivity contribution in [1.29, 1.82) is 0 Å². The number of hydrogen-bond donors (Lipinski definition) is 1. The summed E-state index contributed by atoms with van der Waals surface area (Å²) in [4.78, 5) is 17.0. The Morgan fingerprint density at radius 2 is 2.17 bits per heavy atom. The SMILES string of the molecule is CCCN1CCC[C@H]1C(=O)N1CC[C@@H](CNC)C1. The second-order valence-electron chi connectivity index (χ2n) is 5.69. The van der Waals surface area contributed by atoms with Crippen LogP contribution in [-0.2, 0) is 4.79 Å². The second-order valence-corrected chi connectivity index (χ2v) is 5.69. The summed E-state index contributed by atoms with van der Waals surface area (Å²) in [6.07, 6.45) is 4.55. The third kappa shape index (κ3) is 3.04. The van der Waals surface area contributed by atoms with Crippen molar-refractivity contribution in [2.75, 3.05) is 39.8 Å². The van der Waals surface area contributed by atoms with Gasteiger partial charge in [0.05, 0.1) is 6.04 Å². The van der Waals surface area contributed by atoms with Gasteiger partial charge in [0, 0.05) is 13.1 Å². The van der Waals surface area contributed by atoms with Gasteiger partial charge < -0.3 is 10.2 Å². The third-order valence-electron chi connectivity index (χ3n) is 4.25. The zero-order valence-corrected chi connectivity index (χ0v) is 11.8. The molecule has 0 aromatic heterocycles. The first kappa shape index (κ1) is 13.8. The molecule has 18 heavy (non-hydrogen) atoms. The van der Waals surface area contributed by atoms with Crippen LogP contribution in [-0.4, -0.2) is 61.5 Å². The van der Waals surface area contributed by atoms with E-state index in [0.29, 0.717) is 11.8 Å². The molecule has 2 fully saturated rings. The molecule has 0 saturated carbocycles. The first-order valence-electron chi connectivity index (χ1n) is 7.43. The lowest BCUT2D eigenvalue weighted by atomic mass is 10.1. The smallest absolute Gasteiger partial charge is 0.239 e. The van der Waals surface area contributed by atoms with E-state index < -0.39 is 0 Å². The van der Waals surface area contributed by atoms with Gasteiger partial charge in [0.25, 0.3) is 0 Å². The van der Waals surface area contributed by atoms with E-state index in [-0.39, 0.29) is 6.04 Å². The molecular formula is C14H27N3O. The van der Waals surface area contributed by atoms with Crippen LogP contribution in [0.3, 0.4) is 0 Å². The largest absolute Gasteiger partial charge is 0.341 e. The summed E-state index contributed by atoms with van der Waals surface area (Å²) in [5.41, 5.74) is 0. The highest BCUT2D eigenvalue weighted by Gasteiger charge is 2.35. The molecule has 4 nitrogen and oxygen atoms in total. The molecule has 4 heteroatoms. The van der Waals surface area contributed by atoms with Gasteiger partial charge in [0.2, 0.25) is 5.91 Å². The van der Waals surface area contributed by atoms with Crippen molar-refractivity contribution < 1.29 is 4.79 Å². The normalized spacial score (nSPS) is 29.1. The van der Waals surface area contributed by atoms with E-state index in [0.717, 1.165) is 52.0 Å². The van der Waals surface area contributed by atoms with Gasteiger partial charge in [0.1, 0.15) is 0 Å². The number of hydrogen-bond acceptors (Lipinski definition) is 3. The maximum Gasteiger partial charge on any atom is 0.239 e. The third-order valence-corrected chi connectivity index (χ3v) is 4.25. The standard InChI is InChI=1S/C14H27N3O/c1-3-7-16-8-4-5-13(16)14(18)17-9-6-12(11-17)10-15-2/h12-13,15H,3-11H2,1-2H3/t12-,13-/m0/s1. The first-order chi connectivity index (χ1) is 8.76. The Bertz CT molecular complexity index is 282. The molecule has 2 heterocycles. The highest BCUT2D eigenvalue weighted by atomic mass is 16.2. The van der Waals surface area contributed by atoms with Crippen molar-refractivity contribution >= 4 is 5.91 Å². The molecule has 0 radical (unpaired) electrons. The maximum atomic E-state index is 12.5. The van der Waals surface area contributed by atoms with Crippen molar-refractivity contribution in [3.05, 3.63) is 0 Å². The van der Waals surface area contributed by atoms with Gasteiger partial charge in [-0.25, -0.2) is 0 Å². The highest BCUT2D eigenvalue weighted by Crippen LogP contribution is 2.23. The van der Waals surface area contributed by atoms with Gasteiger partial charge in [-0.3, -0.25) is 9.69 Å².